The molecule has 0 radical (unpaired) electrons. The molecule has 0 bridgehead atoms. The lowest BCUT2D eigenvalue weighted by Crippen LogP contribution is -2.30. The Morgan fingerprint density at radius 1 is 1.46 bits per heavy atom. The van der Waals surface area contributed by atoms with Crippen LogP contribution in [0.1, 0.15) is 26.5 Å². The summed E-state index contributed by atoms with van der Waals surface area (Å²) in [7, 11) is 3.42. The molecular weight excluding hydrogens is 318 g/mol. The first-order valence-electron chi connectivity index (χ1n) is 7.08. The lowest BCUT2D eigenvalue weighted by molar-refractivity contribution is -0.387. The van der Waals surface area contributed by atoms with Crippen LogP contribution in [0.4, 0.5) is 11.6 Å². The molecule has 10 nitrogen and oxygen atoms in total. The van der Waals surface area contributed by atoms with Crippen LogP contribution in [-0.4, -0.2) is 45.8 Å². The number of carbonyl (C=O) groups is 1. The number of hydrogen-bond donors (Lipinski definition) is 0. The highest BCUT2D eigenvalue weighted by molar-refractivity contribution is 5.75. The highest BCUT2D eigenvalue weighted by atomic mass is 16.6. The monoisotopic (exact) mass is 339 g/mol. The van der Waals surface area contributed by atoms with Gasteiger partial charge in [0.25, 0.3) is 0 Å². The van der Waals surface area contributed by atoms with Crippen LogP contribution in [0.15, 0.2) is 9.79 Å². The van der Waals surface area contributed by atoms with Gasteiger partial charge in [0.15, 0.2) is 6.73 Å². The standard InChI is InChI=1S/C14H21N5O5/c1-9-10(19(22)23)11(20)18(8-24-12(21)14(2,3)4)13(16-9)15-7-17(5)6/h7H,8H2,1-6H3/b15-7+. The third-order valence-corrected chi connectivity index (χ3v) is 2.82. The Morgan fingerprint density at radius 3 is 2.50 bits per heavy atom. The van der Waals surface area contributed by atoms with Crippen LogP contribution in [0.5, 0.6) is 0 Å². The molecule has 0 aromatic carbocycles. The minimum atomic E-state index is -0.930. The van der Waals surface area contributed by atoms with E-state index in [4.69, 9.17) is 4.74 Å². The van der Waals surface area contributed by atoms with Crippen molar-refractivity contribution in [3.05, 3.63) is 26.2 Å². The van der Waals surface area contributed by atoms with E-state index in [0.29, 0.717) is 0 Å². The van der Waals surface area contributed by atoms with Crippen LogP contribution in [-0.2, 0) is 16.3 Å². The van der Waals surface area contributed by atoms with Gasteiger partial charge < -0.3 is 9.64 Å². The Bertz CT molecular complexity index is 730. The maximum atomic E-state index is 12.4. The van der Waals surface area contributed by atoms with Gasteiger partial charge in [0.05, 0.1) is 16.7 Å². The van der Waals surface area contributed by atoms with Gasteiger partial charge in [-0.15, -0.1) is 0 Å². The van der Waals surface area contributed by atoms with E-state index in [1.165, 1.54) is 13.3 Å². The Morgan fingerprint density at radius 2 is 2.04 bits per heavy atom. The van der Waals surface area contributed by atoms with Crippen LogP contribution < -0.4 is 5.56 Å². The summed E-state index contributed by atoms with van der Waals surface area (Å²) < 4.78 is 5.93. The fourth-order valence-electron chi connectivity index (χ4n) is 1.57. The molecule has 1 aromatic rings. The number of nitrogens with zero attached hydrogens (tertiary/aromatic N) is 5. The Kier molecular flexibility index (Phi) is 5.78. The Balaban J connectivity index is 3.37. The third-order valence-electron chi connectivity index (χ3n) is 2.82. The Labute approximate surface area is 138 Å². The predicted molar refractivity (Wildman–Crippen MR) is 87.3 cm³/mol. The van der Waals surface area contributed by atoms with E-state index in [-0.39, 0.29) is 11.6 Å². The lowest BCUT2D eigenvalue weighted by atomic mass is 9.98. The molecule has 0 spiro atoms. The second kappa shape index (κ2) is 7.20. The van der Waals surface area contributed by atoms with Gasteiger partial charge in [-0.2, -0.15) is 0 Å². The maximum absolute atomic E-state index is 12.4. The molecule has 1 heterocycles. The van der Waals surface area contributed by atoms with E-state index in [2.05, 4.69) is 9.98 Å². The van der Waals surface area contributed by atoms with Gasteiger partial charge in [0.1, 0.15) is 5.69 Å². The van der Waals surface area contributed by atoms with Gasteiger partial charge in [0, 0.05) is 14.1 Å². The van der Waals surface area contributed by atoms with Crippen LogP contribution in [0.2, 0.25) is 0 Å². The second-order valence-electron chi connectivity index (χ2n) is 6.36. The number of nitro groups is 1. The van der Waals surface area contributed by atoms with Crippen molar-refractivity contribution >= 4 is 23.9 Å². The van der Waals surface area contributed by atoms with Crippen molar-refractivity contribution in [2.24, 2.45) is 10.4 Å². The van der Waals surface area contributed by atoms with Crippen molar-refractivity contribution in [1.29, 1.82) is 0 Å². The fraction of sp³-hybridized carbons (Fsp3) is 0.571. The smallest absolute Gasteiger partial charge is 0.355 e. The SMILES string of the molecule is Cc1nc(/N=C/N(C)C)n(COC(=O)C(C)(C)C)c(=O)c1[N+](=O)[O-]. The summed E-state index contributed by atoms with van der Waals surface area (Å²) in [4.78, 5) is 44.1. The molecule has 0 aliphatic carbocycles. The number of carbonyl (C=O) groups excluding carboxylic acids is 1. The van der Waals surface area contributed by atoms with E-state index in [9.17, 15) is 19.7 Å². The molecule has 0 saturated carbocycles. The van der Waals surface area contributed by atoms with Gasteiger partial charge in [-0.1, -0.05) is 0 Å². The van der Waals surface area contributed by atoms with Gasteiger partial charge in [-0.05, 0) is 27.7 Å². The number of rotatable bonds is 5. The van der Waals surface area contributed by atoms with E-state index in [0.717, 1.165) is 4.57 Å². The van der Waals surface area contributed by atoms with Crippen LogP contribution in [0.25, 0.3) is 0 Å². The molecule has 132 valence electrons. The second-order valence-corrected chi connectivity index (χ2v) is 6.36. The number of esters is 1. The average molecular weight is 339 g/mol. The molecule has 0 saturated heterocycles. The molecule has 0 aliphatic heterocycles. The molecule has 0 atom stereocenters. The number of hydrogen-bond acceptors (Lipinski definition) is 7. The van der Waals surface area contributed by atoms with Gasteiger partial charge in [0.2, 0.25) is 5.95 Å². The molecule has 0 N–H and O–H groups in total. The number of aliphatic imine (C=N–C) groups is 1. The van der Waals surface area contributed by atoms with Gasteiger partial charge >= 0.3 is 17.2 Å². The van der Waals surface area contributed by atoms with E-state index >= 15 is 0 Å². The molecule has 0 fully saturated rings. The van der Waals surface area contributed by atoms with Crippen molar-refractivity contribution in [2.75, 3.05) is 14.1 Å². The minimum absolute atomic E-state index is 0.0608. The van der Waals surface area contributed by atoms with Crippen molar-refractivity contribution in [3.63, 3.8) is 0 Å². The first kappa shape index (κ1) is 19.3. The van der Waals surface area contributed by atoms with Crippen molar-refractivity contribution < 1.29 is 14.5 Å². The zero-order valence-corrected chi connectivity index (χ0v) is 14.6. The summed E-state index contributed by atoms with van der Waals surface area (Å²) in [6.45, 7) is 5.79. The van der Waals surface area contributed by atoms with Crippen LogP contribution in [0, 0.1) is 22.5 Å². The van der Waals surface area contributed by atoms with E-state index in [1.807, 2.05) is 0 Å². The highest BCUT2D eigenvalue weighted by Gasteiger charge is 2.26. The molecule has 0 aliphatic rings. The maximum Gasteiger partial charge on any atom is 0.355 e. The molecule has 24 heavy (non-hydrogen) atoms. The molecule has 0 amide bonds. The summed E-state index contributed by atoms with van der Waals surface area (Å²) in [6.07, 6.45) is 1.38. The summed E-state index contributed by atoms with van der Waals surface area (Å²) in [6, 6.07) is 0. The minimum Gasteiger partial charge on any atom is -0.443 e. The normalized spacial score (nSPS) is 11.6. The van der Waals surface area contributed by atoms with Crippen molar-refractivity contribution in [3.8, 4) is 0 Å². The average Bonchev–Trinajstić information content (AvgIpc) is 2.42. The topological polar surface area (TPSA) is 120 Å². The van der Waals surface area contributed by atoms with Crippen LogP contribution >= 0.6 is 0 Å². The summed E-state index contributed by atoms with van der Waals surface area (Å²) >= 11 is 0. The van der Waals surface area contributed by atoms with E-state index < -0.39 is 34.3 Å². The van der Waals surface area contributed by atoms with Gasteiger partial charge in [-0.3, -0.25) is 19.7 Å². The predicted octanol–water partition coefficient (Wildman–Crippen LogP) is 1.23. The molecule has 0 unspecified atom stereocenters. The number of aromatic nitrogens is 2. The first-order chi connectivity index (χ1) is 10.9. The zero-order valence-electron chi connectivity index (χ0n) is 14.6. The number of aryl methyl sites for hydroxylation is 1. The lowest BCUT2D eigenvalue weighted by Gasteiger charge is -2.17. The zero-order chi connectivity index (χ0) is 18.7. The largest absolute Gasteiger partial charge is 0.443 e. The highest BCUT2D eigenvalue weighted by Crippen LogP contribution is 2.18. The third kappa shape index (κ3) is 4.61. The molecule has 10 heteroatoms. The summed E-state index contributed by atoms with van der Waals surface area (Å²) in [5.41, 5.74) is -2.44. The summed E-state index contributed by atoms with van der Waals surface area (Å²) in [5.74, 6) is -0.640. The van der Waals surface area contributed by atoms with Crippen LogP contribution in [0.3, 0.4) is 0 Å². The number of ether oxygens (including phenoxy) is 1. The molecule has 1 rings (SSSR count). The fourth-order valence-corrected chi connectivity index (χ4v) is 1.57. The Hall–Kier alpha value is -2.78. The molecule has 1 aromatic heterocycles. The van der Waals surface area contributed by atoms with Gasteiger partial charge in [-0.25, -0.2) is 14.5 Å². The van der Waals surface area contributed by atoms with Crippen molar-refractivity contribution in [2.45, 2.75) is 34.4 Å². The first-order valence-corrected chi connectivity index (χ1v) is 7.08. The quantitative estimate of drug-likeness (QED) is 0.260. The van der Waals surface area contributed by atoms with Crippen molar-refractivity contribution in [1.82, 2.24) is 14.5 Å². The molecular formula is C14H21N5O5. The summed E-state index contributed by atoms with van der Waals surface area (Å²) in [5, 5.41) is 11.1. The van der Waals surface area contributed by atoms with E-state index in [1.54, 1.807) is 39.8 Å².